The number of aromatic nitrogens is 1. The summed E-state index contributed by atoms with van der Waals surface area (Å²) in [5.74, 6) is 0.653. The Morgan fingerprint density at radius 2 is 2.29 bits per heavy atom. The summed E-state index contributed by atoms with van der Waals surface area (Å²) < 4.78 is 23.8. The van der Waals surface area contributed by atoms with Gasteiger partial charge in [0.2, 0.25) is 0 Å². The summed E-state index contributed by atoms with van der Waals surface area (Å²) >= 11 is 0. The molecule has 0 bridgehead atoms. The van der Waals surface area contributed by atoms with Crippen molar-refractivity contribution in [2.45, 2.75) is 19.6 Å². The third-order valence-electron chi connectivity index (χ3n) is 2.33. The van der Waals surface area contributed by atoms with E-state index in [9.17, 15) is 4.39 Å². The van der Waals surface area contributed by atoms with Gasteiger partial charge >= 0.3 is 0 Å². The molecule has 0 unspecified atom stereocenters. The van der Waals surface area contributed by atoms with E-state index in [4.69, 9.17) is 15.0 Å². The Balaban J connectivity index is 2.05. The second-order valence-electron chi connectivity index (χ2n) is 3.74. The average molecular weight is 236 g/mol. The fourth-order valence-electron chi connectivity index (χ4n) is 1.44. The van der Waals surface area contributed by atoms with Crippen LogP contribution in [0.4, 0.5) is 4.39 Å². The smallest absolute Gasteiger partial charge is 0.174 e. The van der Waals surface area contributed by atoms with E-state index in [2.05, 4.69) is 5.16 Å². The molecular formula is C12H13FN2O2. The molecule has 0 radical (unpaired) electrons. The number of benzene rings is 1. The van der Waals surface area contributed by atoms with Crippen molar-refractivity contribution in [3.8, 4) is 5.75 Å². The van der Waals surface area contributed by atoms with Gasteiger partial charge in [0, 0.05) is 23.7 Å². The molecule has 2 aromatic rings. The maximum absolute atomic E-state index is 13.6. The number of rotatable bonds is 4. The van der Waals surface area contributed by atoms with Gasteiger partial charge in [0.05, 0.1) is 6.20 Å². The highest BCUT2D eigenvalue weighted by molar-refractivity contribution is 5.30. The number of hydrogen-bond donors (Lipinski definition) is 1. The zero-order valence-electron chi connectivity index (χ0n) is 9.39. The van der Waals surface area contributed by atoms with Crippen LogP contribution in [0.1, 0.15) is 24.3 Å². The normalized spacial score (nSPS) is 12.4. The van der Waals surface area contributed by atoms with Gasteiger partial charge in [0.25, 0.3) is 0 Å². The Bertz CT molecular complexity index is 483. The molecule has 1 atom stereocenters. The zero-order valence-corrected chi connectivity index (χ0v) is 9.39. The lowest BCUT2D eigenvalue weighted by Crippen LogP contribution is -2.07. The Labute approximate surface area is 98.2 Å². The Morgan fingerprint density at radius 3 is 2.88 bits per heavy atom. The standard InChI is InChI=1S/C12H13FN2O2/c1-8(14)11-3-2-9(6-12(11)13)16-7-10-4-5-15-17-10/h2-6,8H,7,14H2,1H3/t8-/m1/s1. The molecule has 0 spiro atoms. The van der Waals surface area contributed by atoms with E-state index in [1.54, 1.807) is 25.1 Å². The van der Waals surface area contributed by atoms with Crippen LogP contribution in [-0.4, -0.2) is 5.16 Å². The molecule has 0 saturated heterocycles. The van der Waals surface area contributed by atoms with Crippen LogP contribution < -0.4 is 10.5 Å². The van der Waals surface area contributed by atoms with E-state index >= 15 is 0 Å². The Morgan fingerprint density at radius 1 is 1.47 bits per heavy atom. The third kappa shape index (κ3) is 2.82. The Kier molecular flexibility index (Phi) is 3.39. The first-order valence-electron chi connectivity index (χ1n) is 5.24. The largest absolute Gasteiger partial charge is 0.485 e. The number of hydrogen-bond acceptors (Lipinski definition) is 4. The van der Waals surface area contributed by atoms with E-state index in [-0.39, 0.29) is 18.5 Å². The van der Waals surface area contributed by atoms with Crippen LogP contribution in [0.2, 0.25) is 0 Å². The van der Waals surface area contributed by atoms with Crippen molar-refractivity contribution < 1.29 is 13.7 Å². The minimum atomic E-state index is -0.366. The van der Waals surface area contributed by atoms with Crippen molar-refractivity contribution >= 4 is 0 Å². The van der Waals surface area contributed by atoms with E-state index in [1.807, 2.05) is 0 Å². The average Bonchev–Trinajstić information content (AvgIpc) is 2.78. The van der Waals surface area contributed by atoms with Crippen LogP contribution >= 0.6 is 0 Å². The molecule has 90 valence electrons. The molecule has 0 aliphatic carbocycles. The van der Waals surface area contributed by atoms with Gasteiger partial charge in [-0.05, 0) is 13.0 Å². The van der Waals surface area contributed by atoms with Crippen molar-refractivity contribution in [3.63, 3.8) is 0 Å². The number of nitrogens with two attached hydrogens (primary N) is 1. The highest BCUT2D eigenvalue weighted by Gasteiger charge is 2.08. The summed E-state index contributed by atoms with van der Waals surface area (Å²) in [6.07, 6.45) is 1.53. The molecule has 17 heavy (non-hydrogen) atoms. The number of nitrogens with zero attached hydrogens (tertiary/aromatic N) is 1. The third-order valence-corrected chi connectivity index (χ3v) is 2.33. The monoisotopic (exact) mass is 236 g/mol. The minimum absolute atomic E-state index is 0.219. The predicted molar refractivity (Wildman–Crippen MR) is 59.8 cm³/mol. The summed E-state index contributed by atoms with van der Waals surface area (Å²) in [4.78, 5) is 0. The molecule has 1 heterocycles. The SMILES string of the molecule is C[C@@H](N)c1ccc(OCc2ccno2)cc1F. The van der Waals surface area contributed by atoms with E-state index in [0.29, 0.717) is 17.1 Å². The maximum Gasteiger partial charge on any atom is 0.174 e. The molecule has 0 fully saturated rings. The van der Waals surface area contributed by atoms with Gasteiger partial charge in [-0.1, -0.05) is 11.2 Å². The van der Waals surface area contributed by atoms with E-state index < -0.39 is 0 Å². The second-order valence-corrected chi connectivity index (χ2v) is 3.74. The predicted octanol–water partition coefficient (Wildman–Crippen LogP) is 2.41. The lowest BCUT2D eigenvalue weighted by molar-refractivity contribution is 0.248. The van der Waals surface area contributed by atoms with Gasteiger partial charge in [0.1, 0.15) is 18.2 Å². The van der Waals surface area contributed by atoms with Gasteiger partial charge in [-0.3, -0.25) is 0 Å². The van der Waals surface area contributed by atoms with E-state index in [1.165, 1.54) is 12.3 Å². The highest BCUT2D eigenvalue weighted by Crippen LogP contribution is 2.21. The molecule has 1 aromatic carbocycles. The molecule has 0 amide bonds. The molecule has 5 heteroatoms. The summed E-state index contributed by atoms with van der Waals surface area (Å²) in [6, 6.07) is 5.97. The molecular weight excluding hydrogens is 223 g/mol. The fraction of sp³-hybridized carbons (Fsp3) is 0.250. The van der Waals surface area contributed by atoms with Crippen LogP contribution in [0, 0.1) is 5.82 Å². The molecule has 0 saturated carbocycles. The zero-order chi connectivity index (χ0) is 12.3. The molecule has 0 aliphatic rings. The molecule has 1 aromatic heterocycles. The highest BCUT2D eigenvalue weighted by atomic mass is 19.1. The van der Waals surface area contributed by atoms with Crippen molar-refractivity contribution in [3.05, 3.63) is 47.6 Å². The summed E-state index contributed by atoms with van der Waals surface area (Å²) in [5, 5.41) is 3.54. The first-order valence-corrected chi connectivity index (χ1v) is 5.24. The molecule has 2 rings (SSSR count). The van der Waals surface area contributed by atoms with Crippen LogP contribution in [-0.2, 0) is 6.61 Å². The summed E-state index contributed by atoms with van der Waals surface area (Å²) in [5.41, 5.74) is 6.08. The molecule has 0 aliphatic heterocycles. The summed E-state index contributed by atoms with van der Waals surface area (Å²) in [7, 11) is 0. The number of ether oxygens (including phenoxy) is 1. The van der Waals surface area contributed by atoms with Crippen LogP contribution in [0.5, 0.6) is 5.75 Å². The van der Waals surface area contributed by atoms with Crippen molar-refractivity contribution in [1.82, 2.24) is 5.16 Å². The van der Waals surface area contributed by atoms with Crippen LogP contribution in [0.25, 0.3) is 0 Å². The summed E-state index contributed by atoms with van der Waals surface area (Å²) in [6.45, 7) is 1.95. The van der Waals surface area contributed by atoms with Crippen molar-refractivity contribution in [1.29, 1.82) is 0 Å². The minimum Gasteiger partial charge on any atom is -0.485 e. The first-order chi connectivity index (χ1) is 8.16. The van der Waals surface area contributed by atoms with Gasteiger partial charge in [-0.25, -0.2) is 4.39 Å². The van der Waals surface area contributed by atoms with Crippen molar-refractivity contribution in [2.75, 3.05) is 0 Å². The number of halogens is 1. The lowest BCUT2D eigenvalue weighted by atomic mass is 10.1. The van der Waals surface area contributed by atoms with Crippen molar-refractivity contribution in [2.24, 2.45) is 5.73 Å². The molecule has 2 N–H and O–H groups in total. The van der Waals surface area contributed by atoms with Gasteiger partial charge in [0.15, 0.2) is 5.76 Å². The molecule has 4 nitrogen and oxygen atoms in total. The Hall–Kier alpha value is -1.88. The van der Waals surface area contributed by atoms with Crippen LogP contribution in [0.3, 0.4) is 0 Å². The first kappa shape index (κ1) is 11.6. The van der Waals surface area contributed by atoms with E-state index in [0.717, 1.165) is 0 Å². The topological polar surface area (TPSA) is 61.3 Å². The van der Waals surface area contributed by atoms with Gasteiger partial charge < -0.3 is 15.0 Å². The quantitative estimate of drug-likeness (QED) is 0.885. The van der Waals surface area contributed by atoms with Gasteiger partial charge in [-0.15, -0.1) is 0 Å². The second kappa shape index (κ2) is 4.97. The fourth-order valence-corrected chi connectivity index (χ4v) is 1.44. The maximum atomic E-state index is 13.6. The van der Waals surface area contributed by atoms with Gasteiger partial charge in [-0.2, -0.15) is 0 Å². The lowest BCUT2D eigenvalue weighted by Gasteiger charge is -2.09. The van der Waals surface area contributed by atoms with Crippen LogP contribution in [0.15, 0.2) is 35.0 Å².